The van der Waals surface area contributed by atoms with Gasteiger partial charge in [0.2, 0.25) is 0 Å². The average molecular weight is 222 g/mol. The zero-order chi connectivity index (χ0) is 11.7. The van der Waals surface area contributed by atoms with Crippen molar-refractivity contribution in [1.29, 1.82) is 0 Å². The van der Waals surface area contributed by atoms with E-state index in [0.717, 1.165) is 5.92 Å². The summed E-state index contributed by atoms with van der Waals surface area (Å²) in [4.78, 5) is 0. The Morgan fingerprint density at radius 2 is 1.88 bits per heavy atom. The van der Waals surface area contributed by atoms with Gasteiger partial charge in [-0.3, -0.25) is 0 Å². The van der Waals surface area contributed by atoms with Gasteiger partial charge in [-0.15, -0.1) is 0 Å². The zero-order valence-corrected chi connectivity index (χ0v) is 11.1. The van der Waals surface area contributed by atoms with Crippen molar-refractivity contribution < 1.29 is 9.31 Å². The maximum absolute atomic E-state index is 6.28. The van der Waals surface area contributed by atoms with Crippen LogP contribution in [0.3, 0.4) is 0 Å². The summed E-state index contributed by atoms with van der Waals surface area (Å²) in [6.45, 7) is 11.4. The second-order valence-corrected chi connectivity index (χ2v) is 7.08. The van der Waals surface area contributed by atoms with E-state index in [1.54, 1.807) is 0 Å². The van der Waals surface area contributed by atoms with Gasteiger partial charge < -0.3 is 9.31 Å². The van der Waals surface area contributed by atoms with Gasteiger partial charge in [0.15, 0.2) is 0 Å². The molecular formula is C13H23BO2. The lowest BCUT2D eigenvalue weighted by Gasteiger charge is -2.64. The molecule has 0 unspecified atom stereocenters. The third-order valence-electron chi connectivity index (χ3n) is 5.51. The van der Waals surface area contributed by atoms with Crippen LogP contribution in [0, 0.1) is 17.3 Å². The molecule has 3 aliphatic carbocycles. The standard InChI is InChI=1S/C13H23BO2/c1-8(2)14-15-11-7-9-6-10(12(9,3)4)13(11,5)16-14/h8-11H,6-7H2,1-5H3/t9-,10-,11+,13-/m1/s1. The first-order valence-electron chi connectivity index (χ1n) is 6.69. The van der Waals surface area contributed by atoms with Crippen LogP contribution >= 0.6 is 0 Å². The Bertz CT molecular complexity index is 315. The summed E-state index contributed by atoms with van der Waals surface area (Å²) in [6.07, 6.45) is 2.88. The molecule has 3 heteroatoms. The second kappa shape index (κ2) is 3.05. The van der Waals surface area contributed by atoms with Crippen LogP contribution in [0.5, 0.6) is 0 Å². The lowest BCUT2D eigenvalue weighted by atomic mass is 9.43. The SMILES string of the molecule is CC(C)B1O[C@H]2C[C@H]3C[C@H](C3(C)C)[C@@]2(C)O1. The molecule has 4 rings (SSSR count). The van der Waals surface area contributed by atoms with E-state index in [2.05, 4.69) is 34.6 Å². The first-order chi connectivity index (χ1) is 7.35. The molecule has 16 heavy (non-hydrogen) atoms. The lowest BCUT2D eigenvalue weighted by Crippen LogP contribution is -2.65. The van der Waals surface area contributed by atoms with Gasteiger partial charge in [-0.05, 0) is 42.8 Å². The fraction of sp³-hybridized carbons (Fsp3) is 1.00. The minimum absolute atomic E-state index is 0.0187. The molecule has 0 aromatic carbocycles. The summed E-state index contributed by atoms with van der Waals surface area (Å²) in [5, 5.41) is 0. The highest BCUT2D eigenvalue weighted by atomic mass is 16.7. The average Bonchev–Trinajstić information content (AvgIpc) is 2.54. The predicted octanol–water partition coefficient (Wildman–Crippen LogP) is 3.12. The van der Waals surface area contributed by atoms with E-state index in [1.165, 1.54) is 12.8 Å². The highest BCUT2D eigenvalue weighted by Gasteiger charge is 2.67. The van der Waals surface area contributed by atoms with Crippen LogP contribution in [0.15, 0.2) is 0 Å². The van der Waals surface area contributed by atoms with E-state index >= 15 is 0 Å². The van der Waals surface area contributed by atoms with E-state index in [9.17, 15) is 0 Å². The molecule has 0 radical (unpaired) electrons. The van der Waals surface area contributed by atoms with Crippen LogP contribution in [0.4, 0.5) is 0 Å². The van der Waals surface area contributed by atoms with Crippen molar-refractivity contribution in [2.45, 2.75) is 65.0 Å². The molecule has 2 nitrogen and oxygen atoms in total. The molecule has 1 heterocycles. The Balaban J connectivity index is 1.87. The van der Waals surface area contributed by atoms with Gasteiger partial charge in [-0.25, -0.2) is 0 Å². The molecule has 0 aromatic rings. The van der Waals surface area contributed by atoms with Crippen LogP contribution in [-0.4, -0.2) is 18.8 Å². The van der Waals surface area contributed by atoms with Crippen molar-refractivity contribution in [3.63, 3.8) is 0 Å². The van der Waals surface area contributed by atoms with Crippen LogP contribution in [0.1, 0.15) is 47.5 Å². The van der Waals surface area contributed by atoms with Crippen LogP contribution in [-0.2, 0) is 9.31 Å². The monoisotopic (exact) mass is 222 g/mol. The Kier molecular flexibility index (Phi) is 2.12. The first-order valence-corrected chi connectivity index (χ1v) is 6.69. The third kappa shape index (κ3) is 1.17. The number of hydrogen-bond acceptors (Lipinski definition) is 2. The first kappa shape index (κ1) is 11.1. The Morgan fingerprint density at radius 3 is 2.44 bits per heavy atom. The van der Waals surface area contributed by atoms with E-state index in [1.807, 2.05) is 0 Å². The van der Waals surface area contributed by atoms with Crippen molar-refractivity contribution >= 4 is 7.12 Å². The van der Waals surface area contributed by atoms with E-state index in [-0.39, 0.29) is 12.7 Å². The normalized spacial score (nSPS) is 49.1. The molecule has 1 saturated heterocycles. The fourth-order valence-electron chi connectivity index (χ4n) is 4.19. The Morgan fingerprint density at radius 1 is 1.19 bits per heavy atom. The molecule has 0 amide bonds. The van der Waals surface area contributed by atoms with Gasteiger partial charge in [0.05, 0.1) is 11.7 Å². The van der Waals surface area contributed by atoms with Gasteiger partial charge >= 0.3 is 7.12 Å². The van der Waals surface area contributed by atoms with E-state index < -0.39 is 0 Å². The Labute approximate surface area is 99.2 Å². The third-order valence-corrected chi connectivity index (χ3v) is 5.51. The highest BCUT2D eigenvalue weighted by molar-refractivity contribution is 6.47. The van der Waals surface area contributed by atoms with Crippen molar-refractivity contribution in [3.8, 4) is 0 Å². The van der Waals surface area contributed by atoms with Crippen LogP contribution < -0.4 is 0 Å². The maximum atomic E-state index is 6.28. The molecule has 90 valence electrons. The molecular weight excluding hydrogens is 199 g/mol. The molecule has 0 aromatic heterocycles. The van der Waals surface area contributed by atoms with Gasteiger partial charge in [0.25, 0.3) is 0 Å². The molecule has 1 aliphatic heterocycles. The largest absolute Gasteiger partial charge is 0.460 e. The second-order valence-electron chi connectivity index (χ2n) is 7.08. The molecule has 4 fully saturated rings. The van der Waals surface area contributed by atoms with Gasteiger partial charge in [-0.2, -0.15) is 0 Å². The lowest BCUT2D eigenvalue weighted by molar-refractivity contribution is -0.199. The summed E-state index contributed by atoms with van der Waals surface area (Å²) in [5.74, 6) is 2.00. The molecule has 2 bridgehead atoms. The molecule has 0 spiro atoms. The Hall–Kier alpha value is -0.0151. The zero-order valence-electron chi connectivity index (χ0n) is 11.1. The van der Waals surface area contributed by atoms with E-state index in [0.29, 0.717) is 23.3 Å². The van der Waals surface area contributed by atoms with Crippen LogP contribution in [0.25, 0.3) is 0 Å². The summed E-state index contributed by atoms with van der Waals surface area (Å²) in [7, 11) is 0.0187. The summed E-state index contributed by atoms with van der Waals surface area (Å²) in [5.41, 5.74) is 0.438. The number of rotatable bonds is 1. The molecule has 0 N–H and O–H groups in total. The quantitative estimate of drug-likeness (QED) is 0.634. The fourth-order valence-corrected chi connectivity index (χ4v) is 4.19. The van der Waals surface area contributed by atoms with Crippen molar-refractivity contribution in [2.24, 2.45) is 17.3 Å². The minimum Gasteiger partial charge on any atom is -0.405 e. The van der Waals surface area contributed by atoms with Crippen molar-refractivity contribution in [1.82, 2.24) is 0 Å². The van der Waals surface area contributed by atoms with Gasteiger partial charge in [0.1, 0.15) is 0 Å². The van der Waals surface area contributed by atoms with Crippen LogP contribution in [0.2, 0.25) is 5.82 Å². The molecule has 3 saturated carbocycles. The number of hydrogen-bond donors (Lipinski definition) is 0. The maximum Gasteiger partial charge on any atom is 0.460 e. The van der Waals surface area contributed by atoms with Gasteiger partial charge in [0, 0.05) is 0 Å². The highest BCUT2D eigenvalue weighted by Crippen LogP contribution is 2.65. The van der Waals surface area contributed by atoms with Crippen molar-refractivity contribution in [3.05, 3.63) is 0 Å². The van der Waals surface area contributed by atoms with Crippen molar-refractivity contribution in [2.75, 3.05) is 0 Å². The molecule has 4 aliphatic rings. The molecule has 4 atom stereocenters. The van der Waals surface area contributed by atoms with E-state index in [4.69, 9.17) is 9.31 Å². The summed E-state index contributed by atoms with van der Waals surface area (Å²) >= 11 is 0. The summed E-state index contributed by atoms with van der Waals surface area (Å²) in [6, 6.07) is 0. The predicted molar refractivity (Wildman–Crippen MR) is 65.2 cm³/mol. The topological polar surface area (TPSA) is 18.5 Å². The smallest absolute Gasteiger partial charge is 0.405 e. The minimum atomic E-state index is -0.0206. The summed E-state index contributed by atoms with van der Waals surface area (Å²) < 4.78 is 12.4. The van der Waals surface area contributed by atoms with Gasteiger partial charge in [-0.1, -0.05) is 27.7 Å².